The summed E-state index contributed by atoms with van der Waals surface area (Å²) >= 11 is 1.21. The van der Waals surface area contributed by atoms with Crippen LogP contribution in [0.3, 0.4) is 0 Å². The van der Waals surface area contributed by atoms with Crippen LogP contribution < -0.4 is 0 Å². The predicted molar refractivity (Wildman–Crippen MR) is 97.8 cm³/mol. The van der Waals surface area contributed by atoms with Crippen molar-refractivity contribution in [1.82, 2.24) is 14.9 Å². The standard InChI is InChI=1S/C19H18F3N3O2S/c20-19(21,22)15-6-1-4-13(10-15)17(27)14-5-2-9-25(11-14)16(26)12-28-18-23-7-3-8-24-18/h1,3-4,6-8,10,14H,2,5,9,11-12H2. The van der Waals surface area contributed by atoms with Gasteiger partial charge < -0.3 is 4.90 Å². The molecule has 0 spiro atoms. The summed E-state index contributed by atoms with van der Waals surface area (Å²) in [7, 11) is 0. The maximum atomic E-state index is 12.9. The molecule has 0 bridgehead atoms. The Morgan fingerprint density at radius 2 is 1.93 bits per heavy atom. The van der Waals surface area contributed by atoms with E-state index in [-0.39, 0.29) is 29.6 Å². The molecule has 0 saturated carbocycles. The number of amides is 1. The van der Waals surface area contributed by atoms with E-state index in [4.69, 9.17) is 0 Å². The third kappa shape index (κ3) is 5.09. The Hall–Kier alpha value is -2.42. The molecule has 148 valence electrons. The zero-order valence-corrected chi connectivity index (χ0v) is 15.7. The Morgan fingerprint density at radius 3 is 2.64 bits per heavy atom. The minimum absolute atomic E-state index is 0.0289. The maximum absolute atomic E-state index is 12.9. The molecule has 1 unspecified atom stereocenters. The zero-order valence-electron chi connectivity index (χ0n) is 14.9. The van der Waals surface area contributed by atoms with E-state index in [2.05, 4.69) is 9.97 Å². The van der Waals surface area contributed by atoms with E-state index >= 15 is 0 Å². The smallest absolute Gasteiger partial charge is 0.341 e. The number of halogens is 3. The number of hydrogen-bond acceptors (Lipinski definition) is 5. The van der Waals surface area contributed by atoms with Crippen molar-refractivity contribution in [1.29, 1.82) is 0 Å². The summed E-state index contributed by atoms with van der Waals surface area (Å²) in [6.45, 7) is 0.742. The third-order valence-corrected chi connectivity index (χ3v) is 5.35. The molecule has 5 nitrogen and oxygen atoms in total. The number of nitrogens with zero attached hydrogens (tertiary/aromatic N) is 3. The number of carbonyl (C=O) groups excluding carboxylic acids is 2. The number of thioether (sulfide) groups is 1. The molecule has 1 aromatic carbocycles. The van der Waals surface area contributed by atoms with Crippen molar-refractivity contribution in [2.24, 2.45) is 5.92 Å². The summed E-state index contributed by atoms with van der Waals surface area (Å²) < 4.78 is 38.7. The van der Waals surface area contributed by atoms with E-state index in [1.165, 1.54) is 23.9 Å². The lowest BCUT2D eigenvalue weighted by Crippen LogP contribution is -2.43. The van der Waals surface area contributed by atoms with Gasteiger partial charge in [-0.05, 0) is 31.0 Å². The van der Waals surface area contributed by atoms with E-state index in [0.29, 0.717) is 24.5 Å². The van der Waals surface area contributed by atoms with Gasteiger partial charge in [-0.2, -0.15) is 13.2 Å². The first kappa shape index (κ1) is 20.3. The maximum Gasteiger partial charge on any atom is 0.416 e. The first-order valence-corrected chi connectivity index (χ1v) is 9.72. The van der Waals surface area contributed by atoms with Crippen molar-refractivity contribution in [3.63, 3.8) is 0 Å². The molecule has 28 heavy (non-hydrogen) atoms. The van der Waals surface area contributed by atoms with Crippen molar-refractivity contribution < 1.29 is 22.8 Å². The van der Waals surface area contributed by atoms with Gasteiger partial charge >= 0.3 is 6.18 Å². The Bertz CT molecular complexity index is 846. The summed E-state index contributed by atoms with van der Waals surface area (Å²) in [5.41, 5.74) is -0.817. The van der Waals surface area contributed by atoms with Crippen molar-refractivity contribution in [3.8, 4) is 0 Å². The molecule has 1 fully saturated rings. The highest BCUT2D eigenvalue weighted by Gasteiger charge is 2.33. The van der Waals surface area contributed by atoms with E-state index in [0.717, 1.165) is 12.1 Å². The normalized spacial score (nSPS) is 17.4. The van der Waals surface area contributed by atoms with Crippen molar-refractivity contribution in [2.45, 2.75) is 24.2 Å². The van der Waals surface area contributed by atoms with E-state index in [9.17, 15) is 22.8 Å². The molecular formula is C19H18F3N3O2S. The van der Waals surface area contributed by atoms with Crippen LogP contribution in [0.5, 0.6) is 0 Å². The molecule has 0 N–H and O–H groups in total. The summed E-state index contributed by atoms with van der Waals surface area (Å²) in [5.74, 6) is -0.852. The molecule has 2 aromatic rings. The monoisotopic (exact) mass is 409 g/mol. The lowest BCUT2D eigenvalue weighted by atomic mass is 9.89. The van der Waals surface area contributed by atoms with Gasteiger partial charge in [-0.15, -0.1) is 0 Å². The fraction of sp³-hybridized carbons (Fsp3) is 0.368. The van der Waals surface area contributed by atoms with Gasteiger partial charge in [-0.25, -0.2) is 9.97 Å². The van der Waals surface area contributed by atoms with Gasteiger partial charge in [0, 0.05) is 37.0 Å². The SMILES string of the molecule is O=C(c1cccc(C(F)(F)F)c1)C1CCCN(C(=O)CSc2ncccn2)C1. The minimum atomic E-state index is -4.50. The largest absolute Gasteiger partial charge is 0.416 e. The average Bonchev–Trinajstić information content (AvgIpc) is 2.72. The van der Waals surface area contributed by atoms with Crippen LogP contribution in [-0.4, -0.2) is 45.4 Å². The molecule has 3 rings (SSSR count). The first-order valence-electron chi connectivity index (χ1n) is 8.73. The van der Waals surface area contributed by atoms with Gasteiger partial charge in [0.25, 0.3) is 0 Å². The number of likely N-dealkylation sites (tertiary alicyclic amines) is 1. The summed E-state index contributed by atoms with van der Waals surface area (Å²) in [5, 5.41) is 0.490. The Balaban J connectivity index is 1.62. The van der Waals surface area contributed by atoms with Crippen LogP contribution in [-0.2, 0) is 11.0 Å². The van der Waals surface area contributed by atoms with Crippen LogP contribution in [0.4, 0.5) is 13.2 Å². The van der Waals surface area contributed by atoms with Gasteiger partial charge in [0.2, 0.25) is 5.91 Å². The highest BCUT2D eigenvalue weighted by Crippen LogP contribution is 2.31. The highest BCUT2D eigenvalue weighted by molar-refractivity contribution is 7.99. The average molecular weight is 409 g/mol. The van der Waals surface area contributed by atoms with Gasteiger partial charge in [-0.1, -0.05) is 23.9 Å². The second kappa shape index (κ2) is 8.72. The van der Waals surface area contributed by atoms with Crippen molar-refractivity contribution >= 4 is 23.5 Å². The first-order chi connectivity index (χ1) is 13.3. The van der Waals surface area contributed by atoms with Gasteiger partial charge in [0.1, 0.15) is 0 Å². The van der Waals surface area contributed by atoms with Gasteiger partial charge in [0.05, 0.1) is 11.3 Å². The van der Waals surface area contributed by atoms with E-state index in [1.54, 1.807) is 23.4 Å². The van der Waals surface area contributed by atoms with Crippen LogP contribution >= 0.6 is 11.8 Å². The summed E-state index contributed by atoms with van der Waals surface area (Å²) in [6.07, 6.45) is -0.141. The number of Topliss-reactive ketones (excluding diaryl/α,β-unsaturated/α-hetero) is 1. The number of piperidine rings is 1. The zero-order chi connectivity index (χ0) is 20.1. The summed E-state index contributed by atoms with van der Waals surface area (Å²) in [6, 6.07) is 6.13. The summed E-state index contributed by atoms with van der Waals surface area (Å²) in [4.78, 5) is 34.8. The molecule has 0 radical (unpaired) electrons. The predicted octanol–water partition coefficient (Wildman–Crippen LogP) is 3.71. The van der Waals surface area contributed by atoms with E-state index in [1.807, 2.05) is 0 Å². The Labute approximate surface area is 164 Å². The quantitative estimate of drug-likeness (QED) is 0.428. The minimum Gasteiger partial charge on any atom is -0.341 e. The Morgan fingerprint density at radius 1 is 1.18 bits per heavy atom. The van der Waals surface area contributed by atoms with Crippen LogP contribution in [0.25, 0.3) is 0 Å². The van der Waals surface area contributed by atoms with Crippen LogP contribution in [0.1, 0.15) is 28.8 Å². The molecule has 1 amide bonds. The fourth-order valence-corrected chi connectivity index (χ4v) is 3.79. The Kier molecular flexibility index (Phi) is 6.33. The molecule has 1 aliphatic rings. The molecular weight excluding hydrogens is 391 g/mol. The van der Waals surface area contributed by atoms with Crippen LogP contribution in [0.2, 0.25) is 0 Å². The third-order valence-electron chi connectivity index (χ3n) is 4.49. The molecule has 1 aromatic heterocycles. The topological polar surface area (TPSA) is 63.2 Å². The van der Waals surface area contributed by atoms with Gasteiger partial charge in [0.15, 0.2) is 10.9 Å². The van der Waals surface area contributed by atoms with Crippen molar-refractivity contribution in [2.75, 3.05) is 18.8 Å². The van der Waals surface area contributed by atoms with Gasteiger partial charge in [-0.3, -0.25) is 9.59 Å². The highest BCUT2D eigenvalue weighted by atomic mass is 32.2. The number of rotatable bonds is 5. The molecule has 0 aliphatic carbocycles. The number of alkyl halides is 3. The molecule has 1 aliphatic heterocycles. The van der Waals surface area contributed by atoms with Crippen LogP contribution in [0.15, 0.2) is 47.9 Å². The lowest BCUT2D eigenvalue weighted by Gasteiger charge is -2.32. The number of hydrogen-bond donors (Lipinski definition) is 0. The molecule has 2 heterocycles. The molecule has 9 heteroatoms. The number of ketones is 1. The van der Waals surface area contributed by atoms with E-state index < -0.39 is 17.7 Å². The van der Waals surface area contributed by atoms with Crippen LogP contribution in [0, 0.1) is 5.92 Å². The second-order valence-electron chi connectivity index (χ2n) is 6.44. The second-order valence-corrected chi connectivity index (χ2v) is 7.38. The molecule has 1 atom stereocenters. The van der Waals surface area contributed by atoms with Crippen molar-refractivity contribution in [3.05, 3.63) is 53.9 Å². The number of aromatic nitrogens is 2. The number of carbonyl (C=O) groups is 2. The molecule has 1 saturated heterocycles. The fourth-order valence-electron chi connectivity index (χ4n) is 3.08. The number of benzene rings is 1. The lowest BCUT2D eigenvalue weighted by molar-refractivity contribution is -0.137.